The van der Waals surface area contributed by atoms with Gasteiger partial charge in [0.2, 0.25) is 11.8 Å². The van der Waals surface area contributed by atoms with Gasteiger partial charge >= 0.3 is 29.8 Å². The minimum atomic E-state index is -1.21. The second-order valence-corrected chi connectivity index (χ2v) is 8.58. The zero-order chi connectivity index (χ0) is 36.2. The van der Waals surface area contributed by atoms with Crippen molar-refractivity contribution in [1.82, 2.24) is 0 Å². The molecule has 0 radical (unpaired) electrons. The van der Waals surface area contributed by atoms with Crippen LogP contribution in [0.1, 0.15) is 39.0 Å². The number of amides is 2. The smallest absolute Gasteiger partial charge is 0.321 e. The number of nitrogens with two attached hydrogens (primary N) is 9. The Kier molecular flexibility index (Phi) is 33.9. The van der Waals surface area contributed by atoms with E-state index in [4.69, 9.17) is 71.4 Å². The molecule has 0 rings (SSSR count). The van der Waals surface area contributed by atoms with Crippen LogP contribution in [0.15, 0.2) is 4.99 Å². The molecular formula is C21H46N10O12S. The third kappa shape index (κ3) is 44.7. The third-order valence-corrected chi connectivity index (χ3v) is 4.34. The number of guanidine groups is 1. The molecule has 23 N–H and O–H groups in total. The molecule has 0 heterocycles. The summed E-state index contributed by atoms with van der Waals surface area (Å²) in [5, 5.41) is 40.6. The maximum Gasteiger partial charge on any atom is 0.321 e. The molecule has 0 saturated heterocycles. The zero-order valence-corrected chi connectivity index (χ0v) is 24.9. The molecule has 0 aliphatic rings. The van der Waals surface area contributed by atoms with Crippen LogP contribution in [0.25, 0.3) is 0 Å². The number of aliphatic imine (C=N–C) groups is 1. The minimum Gasteiger partial charge on any atom is -0.480 e. The molecular weight excluding hydrogens is 616 g/mol. The molecule has 0 aromatic heterocycles. The number of rotatable bonds is 15. The summed E-state index contributed by atoms with van der Waals surface area (Å²) in [6.07, 6.45) is 0.769. The van der Waals surface area contributed by atoms with E-state index in [0.717, 1.165) is 0 Å². The fourth-order valence-corrected chi connectivity index (χ4v) is 1.60. The molecule has 0 aliphatic carbocycles. The predicted octanol–water partition coefficient (Wildman–Crippen LogP) is -5.86. The van der Waals surface area contributed by atoms with Gasteiger partial charge in [-0.3, -0.25) is 38.6 Å². The first kappa shape index (κ1) is 49.4. The lowest BCUT2D eigenvalue weighted by Gasteiger charge is -2.03. The second-order valence-electron chi connectivity index (χ2n) is 8.21. The van der Waals surface area contributed by atoms with Crippen molar-refractivity contribution < 1.29 is 59.1 Å². The van der Waals surface area contributed by atoms with Crippen LogP contribution in [-0.4, -0.2) is 116 Å². The van der Waals surface area contributed by atoms with E-state index < -0.39 is 71.9 Å². The lowest BCUT2D eigenvalue weighted by Crippen LogP contribution is -2.34. The van der Waals surface area contributed by atoms with Gasteiger partial charge in [-0.1, -0.05) is 0 Å². The van der Waals surface area contributed by atoms with E-state index in [1.807, 2.05) is 0 Å². The Morgan fingerprint density at radius 1 is 0.614 bits per heavy atom. The van der Waals surface area contributed by atoms with Crippen LogP contribution in [0.2, 0.25) is 0 Å². The number of carboxylic acid groups (broad SMARTS) is 5. The summed E-state index contributed by atoms with van der Waals surface area (Å²) in [6.45, 7) is 1.84. The van der Waals surface area contributed by atoms with Crippen molar-refractivity contribution in [3.05, 3.63) is 0 Å². The number of nitrogens with zero attached hydrogens (tertiary/aromatic N) is 1. The highest BCUT2D eigenvalue weighted by atomic mass is 32.1. The quantitative estimate of drug-likeness (QED) is 0.0336. The number of carbonyl (C=O) groups is 7. The van der Waals surface area contributed by atoms with E-state index in [0.29, 0.717) is 19.4 Å². The largest absolute Gasteiger partial charge is 0.480 e. The number of carboxylic acids is 5. The standard InChI is InChI=1S/C6H14N4O2.C5H10N2O3.C4H8N2O3.C3H7NO2S.C3H7NO2/c7-4(5(11)12)2-1-3-10-6(8)9;6-3(5(9)10)1-2-4(7)8;5-2(4(8)9)1-3(6)7;4-2(1-7)3(5)6;1-2(4)3(5)6/h4H,1-3,7H2,(H,11,12)(H4,8,9,10);3H,1-2,6H2,(H2,7,8)(H,9,10);2H,1,5H2,(H2,6,7)(H,8,9);2,7H,1,4H2,(H,5,6);2H,4H2,1H3,(H,5,6)/t4-;3-;3*2-/m00000/s1. The zero-order valence-electron chi connectivity index (χ0n) is 24.0. The molecule has 258 valence electrons. The molecule has 0 spiro atoms. The van der Waals surface area contributed by atoms with Gasteiger partial charge in [-0.15, -0.1) is 0 Å². The molecule has 5 atom stereocenters. The summed E-state index contributed by atoms with van der Waals surface area (Å²) in [7, 11) is 0. The molecule has 2 amide bonds. The van der Waals surface area contributed by atoms with Gasteiger partial charge in [-0.25, -0.2) is 0 Å². The number of hydrogen-bond acceptors (Lipinski definition) is 14. The Balaban J connectivity index is -0.000000147. The van der Waals surface area contributed by atoms with E-state index in [1.54, 1.807) is 0 Å². The fourth-order valence-electron chi connectivity index (χ4n) is 1.45. The topological polar surface area (TPSA) is 467 Å². The Bertz CT molecular complexity index is 920. The Morgan fingerprint density at radius 3 is 1.18 bits per heavy atom. The third-order valence-electron chi connectivity index (χ3n) is 3.95. The number of primary amides is 2. The molecule has 0 fully saturated rings. The molecule has 44 heavy (non-hydrogen) atoms. The van der Waals surface area contributed by atoms with Crippen LogP contribution < -0.4 is 51.6 Å². The van der Waals surface area contributed by atoms with Crippen LogP contribution in [0, 0.1) is 0 Å². The lowest BCUT2D eigenvalue weighted by molar-refractivity contribution is -0.140. The molecule has 0 aliphatic heterocycles. The molecule has 23 heteroatoms. The van der Waals surface area contributed by atoms with Crippen molar-refractivity contribution in [3.63, 3.8) is 0 Å². The summed E-state index contributed by atoms with van der Waals surface area (Å²) < 4.78 is 0. The first-order chi connectivity index (χ1) is 19.9. The Morgan fingerprint density at radius 2 is 0.977 bits per heavy atom. The van der Waals surface area contributed by atoms with Gasteiger partial charge in [0, 0.05) is 18.7 Å². The van der Waals surface area contributed by atoms with Gasteiger partial charge in [0.15, 0.2) is 5.96 Å². The van der Waals surface area contributed by atoms with Crippen LogP contribution in [0.5, 0.6) is 0 Å². The minimum absolute atomic E-state index is 0.0129. The monoisotopic (exact) mass is 662 g/mol. The first-order valence-electron chi connectivity index (χ1n) is 12.1. The molecule has 0 unspecified atom stereocenters. The van der Waals surface area contributed by atoms with E-state index in [9.17, 15) is 33.6 Å². The normalized spacial score (nSPS) is 12.7. The highest BCUT2D eigenvalue weighted by Gasteiger charge is 2.13. The SMILES string of the molecule is C[C@H](N)C(=O)O.NC(=O)CC[C@H](N)C(=O)O.NC(=O)C[C@H](N)C(=O)O.NC(N)=NCCC[C@H](N)C(=O)O.N[C@@H](CS)C(=O)O. The van der Waals surface area contributed by atoms with E-state index in [2.05, 4.69) is 23.4 Å². The molecule has 22 nitrogen and oxygen atoms in total. The van der Waals surface area contributed by atoms with Gasteiger partial charge in [0.25, 0.3) is 0 Å². The highest BCUT2D eigenvalue weighted by molar-refractivity contribution is 7.80. The van der Waals surface area contributed by atoms with Crippen LogP contribution in [-0.2, 0) is 33.6 Å². The Labute approximate surface area is 257 Å². The summed E-state index contributed by atoms with van der Waals surface area (Å²) in [5.74, 6) is -6.32. The van der Waals surface area contributed by atoms with E-state index >= 15 is 0 Å². The maximum atomic E-state index is 10.2. The van der Waals surface area contributed by atoms with Crippen LogP contribution >= 0.6 is 12.6 Å². The van der Waals surface area contributed by atoms with Gasteiger partial charge in [-0.05, 0) is 26.2 Å². The van der Waals surface area contributed by atoms with Crippen molar-refractivity contribution in [1.29, 1.82) is 0 Å². The second kappa shape index (κ2) is 30.2. The summed E-state index contributed by atoms with van der Waals surface area (Å²) >= 11 is 3.65. The summed E-state index contributed by atoms with van der Waals surface area (Å²) in [5.41, 5.74) is 44.5. The van der Waals surface area contributed by atoms with Gasteiger partial charge in [0.05, 0.1) is 6.42 Å². The lowest BCUT2D eigenvalue weighted by atomic mass is 10.2. The molecule has 0 aromatic carbocycles. The van der Waals surface area contributed by atoms with Gasteiger partial charge in [0.1, 0.15) is 30.2 Å². The first-order valence-corrected chi connectivity index (χ1v) is 12.7. The van der Waals surface area contributed by atoms with Crippen molar-refractivity contribution >= 4 is 60.2 Å². The summed E-state index contributed by atoms with van der Waals surface area (Å²) in [6, 6.07) is -4.51. The number of aliphatic carboxylic acids is 5. The average Bonchev–Trinajstić information content (AvgIpc) is 2.89. The predicted molar refractivity (Wildman–Crippen MR) is 160 cm³/mol. The molecule has 0 saturated carbocycles. The van der Waals surface area contributed by atoms with Gasteiger partial charge < -0.3 is 77.1 Å². The Hall–Kier alpha value is -4.29. The number of thiol groups is 1. The molecule has 0 aromatic rings. The van der Waals surface area contributed by atoms with Crippen LogP contribution in [0.3, 0.4) is 0 Å². The average molecular weight is 663 g/mol. The number of hydrogen-bond donors (Lipinski definition) is 15. The fraction of sp³-hybridized carbons (Fsp3) is 0.619. The van der Waals surface area contributed by atoms with Crippen molar-refractivity contribution in [3.8, 4) is 0 Å². The van der Waals surface area contributed by atoms with Crippen molar-refractivity contribution in [2.24, 2.45) is 56.6 Å². The highest BCUT2D eigenvalue weighted by Crippen LogP contribution is 1.94. The maximum absolute atomic E-state index is 10.2. The summed E-state index contributed by atoms with van der Waals surface area (Å²) in [4.78, 5) is 73.3. The van der Waals surface area contributed by atoms with Gasteiger partial charge in [-0.2, -0.15) is 12.6 Å². The van der Waals surface area contributed by atoms with Crippen LogP contribution in [0.4, 0.5) is 0 Å². The van der Waals surface area contributed by atoms with Crippen molar-refractivity contribution in [2.45, 2.75) is 69.2 Å². The van der Waals surface area contributed by atoms with Crippen molar-refractivity contribution in [2.75, 3.05) is 12.3 Å². The van der Waals surface area contributed by atoms with E-state index in [1.165, 1.54) is 6.92 Å². The number of carbonyl (C=O) groups excluding carboxylic acids is 2. The molecule has 0 bridgehead atoms. The van der Waals surface area contributed by atoms with E-state index in [-0.39, 0.29) is 31.0 Å².